The van der Waals surface area contributed by atoms with Gasteiger partial charge in [-0.2, -0.15) is 0 Å². The van der Waals surface area contributed by atoms with E-state index in [1.165, 1.54) is 57.8 Å². The zero-order chi connectivity index (χ0) is 16.0. The zero-order valence-electron chi connectivity index (χ0n) is 13.7. The highest BCUT2D eigenvalue weighted by Gasteiger charge is 2.22. The summed E-state index contributed by atoms with van der Waals surface area (Å²) >= 11 is 0. The van der Waals surface area contributed by atoms with E-state index in [4.69, 9.17) is 21.9 Å². The Hall–Kier alpha value is -0.650. The van der Waals surface area contributed by atoms with E-state index in [-0.39, 0.29) is 6.54 Å². The lowest BCUT2D eigenvalue weighted by atomic mass is 10.0. The van der Waals surface area contributed by atoms with Crippen molar-refractivity contribution >= 4 is 5.97 Å². The summed E-state index contributed by atoms with van der Waals surface area (Å²) in [5.41, 5.74) is 16.5. The second-order valence-corrected chi connectivity index (χ2v) is 5.92. The maximum absolute atomic E-state index is 11.0. The molecule has 0 saturated heterocycles. The molecule has 0 aromatic carbocycles. The minimum absolute atomic E-state index is 0.186. The SMILES string of the molecule is CCCCCCCCCCCCCC(N)(N)OC(=O)CN. The molecule has 0 heterocycles. The van der Waals surface area contributed by atoms with Crippen molar-refractivity contribution in [2.45, 2.75) is 89.8 Å². The van der Waals surface area contributed by atoms with E-state index in [9.17, 15) is 4.79 Å². The van der Waals surface area contributed by atoms with Crippen molar-refractivity contribution in [2.75, 3.05) is 6.54 Å². The monoisotopic (exact) mass is 301 g/mol. The zero-order valence-corrected chi connectivity index (χ0v) is 13.7. The molecule has 0 aliphatic heterocycles. The number of rotatable bonds is 14. The van der Waals surface area contributed by atoms with E-state index in [2.05, 4.69) is 6.92 Å². The van der Waals surface area contributed by atoms with Crippen LogP contribution in [0.1, 0.15) is 84.0 Å². The first-order chi connectivity index (χ1) is 10.0. The predicted octanol–water partition coefficient (Wildman–Crippen LogP) is 2.76. The van der Waals surface area contributed by atoms with Crippen LogP contribution >= 0.6 is 0 Å². The number of carbonyl (C=O) groups is 1. The van der Waals surface area contributed by atoms with Crippen LogP contribution in [0.25, 0.3) is 0 Å². The normalized spacial score (nSPS) is 11.6. The first-order valence-corrected chi connectivity index (χ1v) is 8.51. The van der Waals surface area contributed by atoms with Gasteiger partial charge in [-0.15, -0.1) is 0 Å². The van der Waals surface area contributed by atoms with E-state index in [1.54, 1.807) is 0 Å². The summed E-state index contributed by atoms with van der Waals surface area (Å²) in [7, 11) is 0. The summed E-state index contributed by atoms with van der Waals surface area (Å²) in [5.74, 6) is -1.92. The van der Waals surface area contributed by atoms with Crippen molar-refractivity contribution in [3.8, 4) is 0 Å². The summed E-state index contributed by atoms with van der Waals surface area (Å²) in [6, 6.07) is 0. The summed E-state index contributed by atoms with van der Waals surface area (Å²) in [4.78, 5) is 11.0. The van der Waals surface area contributed by atoms with Crippen LogP contribution in [0.4, 0.5) is 0 Å². The van der Waals surface area contributed by atoms with E-state index >= 15 is 0 Å². The number of esters is 1. The smallest absolute Gasteiger partial charge is 0.322 e. The molecule has 5 heteroatoms. The molecule has 0 spiro atoms. The fraction of sp³-hybridized carbons (Fsp3) is 0.938. The third-order valence-electron chi connectivity index (χ3n) is 3.64. The molecule has 0 amide bonds. The van der Waals surface area contributed by atoms with Gasteiger partial charge >= 0.3 is 5.97 Å². The highest BCUT2D eigenvalue weighted by molar-refractivity contribution is 5.71. The summed E-state index contributed by atoms with van der Waals surface area (Å²) < 4.78 is 4.87. The van der Waals surface area contributed by atoms with E-state index in [0.29, 0.717) is 6.42 Å². The molecule has 0 radical (unpaired) electrons. The Morgan fingerprint density at radius 3 is 1.71 bits per heavy atom. The number of carbonyl (C=O) groups excluding carboxylic acids is 1. The third kappa shape index (κ3) is 14.1. The van der Waals surface area contributed by atoms with Crippen LogP contribution in [0.2, 0.25) is 0 Å². The van der Waals surface area contributed by atoms with Crippen molar-refractivity contribution in [1.82, 2.24) is 0 Å². The molecule has 0 bridgehead atoms. The van der Waals surface area contributed by atoms with Crippen LogP contribution < -0.4 is 17.2 Å². The molecule has 0 saturated carbocycles. The molecule has 5 nitrogen and oxygen atoms in total. The van der Waals surface area contributed by atoms with Crippen LogP contribution in [0, 0.1) is 0 Å². The Kier molecular flexibility index (Phi) is 12.6. The Morgan fingerprint density at radius 1 is 0.857 bits per heavy atom. The van der Waals surface area contributed by atoms with Gasteiger partial charge in [0.25, 0.3) is 0 Å². The molecule has 0 atom stereocenters. The lowest BCUT2D eigenvalue weighted by Crippen LogP contribution is -2.53. The maximum Gasteiger partial charge on any atom is 0.322 e. The number of hydrogen-bond donors (Lipinski definition) is 3. The molecule has 21 heavy (non-hydrogen) atoms. The van der Waals surface area contributed by atoms with E-state index < -0.39 is 11.8 Å². The summed E-state index contributed by atoms with van der Waals surface area (Å²) in [6.07, 6.45) is 14.3. The molecule has 0 unspecified atom stereocenters. The van der Waals surface area contributed by atoms with Gasteiger partial charge in [0.05, 0.1) is 6.54 Å². The van der Waals surface area contributed by atoms with Crippen molar-refractivity contribution in [2.24, 2.45) is 17.2 Å². The topological polar surface area (TPSA) is 104 Å². The minimum Gasteiger partial charge on any atom is -0.430 e. The lowest BCUT2D eigenvalue weighted by Gasteiger charge is -2.24. The molecule has 6 N–H and O–H groups in total. The Labute approximate surface area is 130 Å². The van der Waals surface area contributed by atoms with Gasteiger partial charge in [-0.25, -0.2) is 0 Å². The average molecular weight is 301 g/mol. The minimum atomic E-state index is -1.37. The number of ether oxygens (including phenoxy) is 1. The van der Waals surface area contributed by atoms with E-state index in [1.807, 2.05) is 0 Å². The molecule has 0 rings (SSSR count). The van der Waals surface area contributed by atoms with Crippen LogP contribution in [0.5, 0.6) is 0 Å². The fourth-order valence-corrected chi connectivity index (χ4v) is 2.37. The third-order valence-corrected chi connectivity index (χ3v) is 3.64. The Morgan fingerprint density at radius 2 is 1.29 bits per heavy atom. The number of unbranched alkanes of at least 4 members (excludes halogenated alkanes) is 10. The van der Waals surface area contributed by atoms with Crippen LogP contribution in [0.3, 0.4) is 0 Å². The maximum atomic E-state index is 11.0. The molecule has 126 valence electrons. The van der Waals surface area contributed by atoms with E-state index in [0.717, 1.165) is 12.8 Å². The second kappa shape index (κ2) is 13.0. The van der Waals surface area contributed by atoms with Gasteiger partial charge < -0.3 is 10.5 Å². The molecular formula is C16H35N3O2. The first kappa shape index (κ1) is 20.3. The Bertz CT molecular complexity index is 258. The van der Waals surface area contributed by atoms with Crippen molar-refractivity contribution in [3.63, 3.8) is 0 Å². The van der Waals surface area contributed by atoms with Crippen molar-refractivity contribution < 1.29 is 9.53 Å². The average Bonchev–Trinajstić information content (AvgIpc) is 2.44. The lowest BCUT2D eigenvalue weighted by molar-refractivity contribution is -0.157. The van der Waals surface area contributed by atoms with Gasteiger partial charge in [0.2, 0.25) is 5.85 Å². The van der Waals surface area contributed by atoms with Gasteiger partial charge in [0.15, 0.2) is 0 Å². The van der Waals surface area contributed by atoms with Gasteiger partial charge in [-0.3, -0.25) is 16.3 Å². The highest BCUT2D eigenvalue weighted by Crippen LogP contribution is 2.14. The molecule has 0 aliphatic carbocycles. The van der Waals surface area contributed by atoms with Gasteiger partial charge in [0, 0.05) is 6.42 Å². The van der Waals surface area contributed by atoms with Crippen molar-refractivity contribution in [3.05, 3.63) is 0 Å². The summed E-state index contributed by atoms with van der Waals surface area (Å²) in [6.45, 7) is 2.06. The first-order valence-electron chi connectivity index (χ1n) is 8.51. The van der Waals surface area contributed by atoms with Crippen LogP contribution in [-0.4, -0.2) is 18.4 Å². The molecule has 0 aromatic heterocycles. The fourth-order valence-electron chi connectivity index (χ4n) is 2.37. The molecular weight excluding hydrogens is 266 g/mol. The van der Waals surface area contributed by atoms with Crippen molar-refractivity contribution in [1.29, 1.82) is 0 Å². The summed E-state index contributed by atoms with van der Waals surface area (Å²) in [5, 5.41) is 0. The molecule has 0 aliphatic rings. The van der Waals surface area contributed by atoms with Crippen LogP contribution in [-0.2, 0) is 9.53 Å². The van der Waals surface area contributed by atoms with Gasteiger partial charge in [-0.05, 0) is 6.42 Å². The standard InChI is InChI=1S/C16H35N3O2/c1-2-3-4-5-6-7-8-9-10-11-12-13-16(18,19)21-15(20)14-17/h2-14,17-19H2,1H3. The number of nitrogens with two attached hydrogens (primary N) is 3. The van der Waals surface area contributed by atoms with Gasteiger partial charge in [0.1, 0.15) is 0 Å². The quantitative estimate of drug-likeness (QED) is 0.260. The number of hydrogen-bond acceptors (Lipinski definition) is 5. The van der Waals surface area contributed by atoms with Crippen LogP contribution in [0.15, 0.2) is 0 Å². The second-order valence-electron chi connectivity index (χ2n) is 5.92. The largest absolute Gasteiger partial charge is 0.430 e. The molecule has 0 fully saturated rings. The molecule has 0 aromatic rings. The Balaban J connectivity index is 3.33. The van der Waals surface area contributed by atoms with Gasteiger partial charge in [-0.1, -0.05) is 71.1 Å². The highest BCUT2D eigenvalue weighted by atomic mass is 16.6. The predicted molar refractivity (Wildman–Crippen MR) is 87.3 cm³/mol.